The molecule has 0 atom stereocenters. The largest absolute Gasteiger partial charge is 0.433 e. The Hall–Kier alpha value is -3.40. The van der Waals surface area contributed by atoms with Gasteiger partial charge in [0.15, 0.2) is 21.5 Å². The smallest absolute Gasteiger partial charge is 0.307 e. The lowest BCUT2D eigenvalue weighted by Crippen LogP contribution is -2.12. The molecule has 166 valence electrons. The molecule has 9 nitrogen and oxygen atoms in total. The third-order valence-corrected chi connectivity index (χ3v) is 7.10. The summed E-state index contributed by atoms with van der Waals surface area (Å²) in [5.74, 6) is -0.196. The maximum atomic E-state index is 13.0. The number of hydrogen-bond donors (Lipinski definition) is 0. The van der Waals surface area contributed by atoms with Gasteiger partial charge in [-0.15, -0.1) is 10.2 Å². The Morgan fingerprint density at radius 1 is 1.16 bits per heavy atom. The fourth-order valence-corrected chi connectivity index (χ4v) is 4.31. The number of hydrogen-bond acceptors (Lipinski definition) is 8. The van der Waals surface area contributed by atoms with Crippen molar-refractivity contribution < 1.29 is 21.6 Å². The van der Waals surface area contributed by atoms with E-state index in [0.717, 1.165) is 12.4 Å². The number of pyridine rings is 1. The minimum absolute atomic E-state index is 0.00399. The third-order valence-electron chi connectivity index (χ3n) is 5.36. The number of halogens is 3. The molecule has 0 amide bonds. The molecule has 4 rings (SSSR count). The van der Waals surface area contributed by atoms with Crippen LogP contribution in [0.5, 0.6) is 0 Å². The highest BCUT2D eigenvalue weighted by Crippen LogP contribution is 2.48. The maximum Gasteiger partial charge on any atom is 0.433 e. The lowest BCUT2D eigenvalue weighted by Gasteiger charge is -2.13. The van der Waals surface area contributed by atoms with Gasteiger partial charge in [-0.1, -0.05) is 6.92 Å². The number of alkyl halides is 3. The van der Waals surface area contributed by atoms with Crippen molar-refractivity contribution in [1.29, 1.82) is 5.26 Å². The summed E-state index contributed by atoms with van der Waals surface area (Å²) in [4.78, 5) is 11.2. The first-order valence-electron chi connectivity index (χ1n) is 9.46. The molecule has 0 radical (unpaired) electrons. The number of nitriles is 1. The summed E-state index contributed by atoms with van der Waals surface area (Å²) in [6.07, 6.45) is -1.25. The topological polar surface area (TPSA) is 127 Å². The van der Waals surface area contributed by atoms with Crippen LogP contribution in [0.2, 0.25) is 0 Å². The molecule has 13 heteroatoms. The molecule has 0 spiro atoms. The van der Waals surface area contributed by atoms with Gasteiger partial charge in [0.25, 0.3) is 0 Å². The van der Waals surface area contributed by atoms with Crippen LogP contribution in [0, 0.1) is 11.3 Å². The highest BCUT2D eigenvalue weighted by atomic mass is 32.2. The number of nitrogens with zero attached hydrogens (tertiary/aromatic N) is 7. The van der Waals surface area contributed by atoms with E-state index in [4.69, 9.17) is 0 Å². The van der Waals surface area contributed by atoms with E-state index in [1.807, 2.05) is 0 Å². The molecule has 1 aliphatic rings. The number of rotatable bonds is 5. The molecule has 1 aliphatic carbocycles. The summed E-state index contributed by atoms with van der Waals surface area (Å²) in [6, 6.07) is 4.37. The number of sulfone groups is 1. The van der Waals surface area contributed by atoms with E-state index < -0.39 is 27.1 Å². The van der Waals surface area contributed by atoms with E-state index in [2.05, 4.69) is 31.2 Å². The molecule has 0 N–H and O–H groups in total. The fraction of sp³-hybridized carbons (Fsp3) is 0.368. The summed E-state index contributed by atoms with van der Waals surface area (Å²) in [6.45, 7) is 1.48. The van der Waals surface area contributed by atoms with Crippen molar-refractivity contribution in [3.63, 3.8) is 0 Å². The SMILES string of the molecule is CCS(=O)(=O)c1cc(C2(C#N)CC2)cnc1-c1nnc(-c2cc(C(F)(F)F)ncn2)n1C. The third kappa shape index (κ3) is 3.60. The molecule has 3 aromatic heterocycles. The second-order valence-electron chi connectivity index (χ2n) is 7.36. The molecule has 0 aliphatic heterocycles. The van der Waals surface area contributed by atoms with Crippen LogP contribution < -0.4 is 0 Å². The van der Waals surface area contributed by atoms with Crippen molar-refractivity contribution >= 4 is 9.84 Å². The summed E-state index contributed by atoms with van der Waals surface area (Å²) < 4.78 is 66.0. The minimum Gasteiger partial charge on any atom is -0.307 e. The fourth-order valence-electron chi connectivity index (χ4n) is 3.25. The number of aromatic nitrogens is 6. The minimum atomic E-state index is -4.67. The zero-order valence-corrected chi connectivity index (χ0v) is 17.7. The van der Waals surface area contributed by atoms with Crippen LogP contribution in [0.15, 0.2) is 29.6 Å². The van der Waals surface area contributed by atoms with Crippen LogP contribution in [-0.4, -0.2) is 43.9 Å². The van der Waals surface area contributed by atoms with E-state index in [0.29, 0.717) is 18.4 Å². The maximum absolute atomic E-state index is 13.0. The summed E-state index contributed by atoms with van der Waals surface area (Å²) in [7, 11) is -2.30. The molecule has 0 aromatic carbocycles. The van der Waals surface area contributed by atoms with Crippen LogP contribution in [0.3, 0.4) is 0 Å². The molecule has 1 saturated carbocycles. The van der Waals surface area contributed by atoms with Gasteiger partial charge in [0.05, 0.1) is 22.1 Å². The molecule has 0 unspecified atom stereocenters. The van der Waals surface area contributed by atoms with Gasteiger partial charge in [0.1, 0.15) is 23.4 Å². The zero-order chi connectivity index (χ0) is 23.3. The first kappa shape index (κ1) is 21.8. The molecule has 3 heterocycles. The Labute approximate surface area is 180 Å². The Balaban J connectivity index is 1.86. The second kappa shape index (κ2) is 7.33. The van der Waals surface area contributed by atoms with Gasteiger partial charge >= 0.3 is 6.18 Å². The first-order chi connectivity index (χ1) is 15.0. The van der Waals surface area contributed by atoms with Crippen molar-refractivity contribution in [2.45, 2.75) is 36.3 Å². The van der Waals surface area contributed by atoms with Crippen molar-refractivity contribution in [2.24, 2.45) is 7.05 Å². The van der Waals surface area contributed by atoms with Crippen LogP contribution >= 0.6 is 0 Å². The van der Waals surface area contributed by atoms with E-state index in [1.165, 1.54) is 30.8 Å². The van der Waals surface area contributed by atoms with Crippen LogP contribution in [0.4, 0.5) is 13.2 Å². The van der Waals surface area contributed by atoms with Crippen molar-refractivity contribution in [3.8, 4) is 29.1 Å². The Kier molecular flexibility index (Phi) is 5.00. The molecule has 0 bridgehead atoms. The lowest BCUT2D eigenvalue weighted by molar-refractivity contribution is -0.141. The molecule has 3 aromatic rings. The molecular formula is C19H16F3N7O2S. The van der Waals surface area contributed by atoms with Crippen molar-refractivity contribution in [2.75, 3.05) is 5.75 Å². The Morgan fingerprint density at radius 2 is 1.84 bits per heavy atom. The summed E-state index contributed by atoms with van der Waals surface area (Å²) in [5.41, 5.74) is -1.52. The average Bonchev–Trinajstić information content (AvgIpc) is 3.48. The van der Waals surface area contributed by atoms with E-state index in [-0.39, 0.29) is 33.7 Å². The highest BCUT2D eigenvalue weighted by molar-refractivity contribution is 7.91. The van der Waals surface area contributed by atoms with E-state index in [9.17, 15) is 26.9 Å². The predicted molar refractivity (Wildman–Crippen MR) is 105 cm³/mol. The van der Waals surface area contributed by atoms with Gasteiger partial charge in [-0.2, -0.15) is 18.4 Å². The molecule has 0 saturated heterocycles. The van der Waals surface area contributed by atoms with Crippen LogP contribution in [0.1, 0.15) is 31.0 Å². The molecule has 1 fully saturated rings. The van der Waals surface area contributed by atoms with Gasteiger partial charge < -0.3 is 4.57 Å². The Morgan fingerprint density at radius 3 is 2.44 bits per heavy atom. The highest BCUT2D eigenvalue weighted by Gasteiger charge is 2.46. The summed E-state index contributed by atoms with van der Waals surface area (Å²) >= 11 is 0. The van der Waals surface area contributed by atoms with Gasteiger partial charge in [-0.3, -0.25) is 4.98 Å². The molecular weight excluding hydrogens is 447 g/mol. The van der Waals surface area contributed by atoms with E-state index >= 15 is 0 Å². The normalized spacial score (nSPS) is 15.4. The van der Waals surface area contributed by atoms with E-state index in [1.54, 1.807) is 0 Å². The average molecular weight is 463 g/mol. The molecule has 32 heavy (non-hydrogen) atoms. The van der Waals surface area contributed by atoms with Gasteiger partial charge in [-0.25, -0.2) is 18.4 Å². The van der Waals surface area contributed by atoms with Crippen molar-refractivity contribution in [1.82, 2.24) is 29.7 Å². The Bertz CT molecular complexity index is 1360. The summed E-state index contributed by atoms with van der Waals surface area (Å²) in [5, 5.41) is 17.3. The van der Waals surface area contributed by atoms with Gasteiger partial charge in [-0.05, 0) is 30.5 Å². The van der Waals surface area contributed by atoms with Gasteiger partial charge in [0.2, 0.25) is 0 Å². The first-order valence-corrected chi connectivity index (χ1v) is 11.1. The van der Waals surface area contributed by atoms with Crippen molar-refractivity contribution in [3.05, 3.63) is 35.9 Å². The monoisotopic (exact) mass is 463 g/mol. The lowest BCUT2D eigenvalue weighted by atomic mass is 9.99. The van der Waals surface area contributed by atoms with Gasteiger partial charge in [0, 0.05) is 13.2 Å². The predicted octanol–water partition coefficient (Wildman–Crippen LogP) is 2.70. The zero-order valence-electron chi connectivity index (χ0n) is 16.9. The second-order valence-corrected chi connectivity index (χ2v) is 9.61. The quantitative estimate of drug-likeness (QED) is 0.565. The van der Waals surface area contributed by atoms with Crippen LogP contribution in [0.25, 0.3) is 23.0 Å². The van der Waals surface area contributed by atoms with Crippen LogP contribution in [-0.2, 0) is 28.5 Å². The standard InChI is InChI=1S/C19H16F3N7O2S/c1-3-32(30,31)13-6-11(18(9-23)4-5-18)8-24-15(13)17-28-27-16(29(17)2)12-7-14(19(20,21)22)26-10-25-12/h6-8,10H,3-5H2,1-2H3.